The third kappa shape index (κ3) is 5.59. The lowest BCUT2D eigenvalue weighted by Gasteiger charge is -2.25. The molecule has 2 aromatic carbocycles. The highest BCUT2D eigenvalue weighted by Crippen LogP contribution is 2.32. The van der Waals surface area contributed by atoms with Gasteiger partial charge in [0.1, 0.15) is 17.9 Å². The molecule has 0 unspecified atom stereocenters. The van der Waals surface area contributed by atoms with Gasteiger partial charge in [-0.3, -0.25) is 0 Å². The summed E-state index contributed by atoms with van der Waals surface area (Å²) in [6, 6.07) is 17.7. The summed E-state index contributed by atoms with van der Waals surface area (Å²) in [5, 5.41) is 3.92. The first kappa shape index (κ1) is 27.4. The number of benzene rings is 2. The third-order valence-corrected chi connectivity index (χ3v) is 7.16. The van der Waals surface area contributed by atoms with Gasteiger partial charge in [-0.25, -0.2) is 9.97 Å². The number of hydrogen-bond donors (Lipinski definition) is 0. The molecule has 0 saturated heterocycles. The van der Waals surface area contributed by atoms with E-state index in [0.29, 0.717) is 17.8 Å². The van der Waals surface area contributed by atoms with E-state index in [1.165, 1.54) is 4.90 Å². The van der Waals surface area contributed by atoms with Crippen molar-refractivity contribution in [2.24, 2.45) is 0 Å². The number of nitrogens with zero attached hydrogens (tertiary/aromatic N) is 5. The van der Waals surface area contributed by atoms with Crippen molar-refractivity contribution in [3.8, 4) is 11.1 Å². The van der Waals surface area contributed by atoms with Gasteiger partial charge in [0.2, 0.25) is 5.88 Å². The zero-order valence-electron chi connectivity index (χ0n) is 23.3. The van der Waals surface area contributed by atoms with Crippen LogP contribution in [0.3, 0.4) is 0 Å². The largest absolute Gasteiger partial charge is 0.406 e. The summed E-state index contributed by atoms with van der Waals surface area (Å²) in [7, 11) is 0. The first-order valence-electron chi connectivity index (χ1n) is 13.3. The van der Waals surface area contributed by atoms with Gasteiger partial charge in [-0.15, -0.1) is 0 Å². The van der Waals surface area contributed by atoms with Gasteiger partial charge >= 0.3 is 6.18 Å². The van der Waals surface area contributed by atoms with Gasteiger partial charge in [-0.1, -0.05) is 60.6 Å². The molecule has 0 fully saturated rings. The molecule has 5 aromatic rings. The molecule has 5 rings (SSSR count). The van der Waals surface area contributed by atoms with Gasteiger partial charge in [0.15, 0.2) is 5.65 Å². The lowest BCUT2D eigenvalue weighted by atomic mass is 9.96. The lowest BCUT2D eigenvalue weighted by Crippen LogP contribution is -2.34. The molecule has 0 spiro atoms. The molecule has 3 heterocycles. The molecular formula is C31H32F3N5O. The van der Waals surface area contributed by atoms with E-state index in [2.05, 4.69) is 16.6 Å². The molecule has 0 aliphatic heterocycles. The van der Waals surface area contributed by atoms with E-state index in [-0.39, 0.29) is 12.4 Å². The number of anilines is 1. The smallest absolute Gasteiger partial charge is 0.338 e. The molecule has 40 heavy (non-hydrogen) atoms. The fourth-order valence-electron chi connectivity index (χ4n) is 5.16. The molecule has 0 bridgehead atoms. The van der Waals surface area contributed by atoms with Crippen LogP contribution in [0.5, 0.6) is 0 Å². The van der Waals surface area contributed by atoms with Crippen molar-refractivity contribution in [1.29, 1.82) is 0 Å². The zero-order valence-corrected chi connectivity index (χ0v) is 23.3. The van der Waals surface area contributed by atoms with Crippen LogP contribution in [0.1, 0.15) is 46.4 Å². The average Bonchev–Trinajstić information content (AvgIpc) is 3.43. The molecule has 0 N–H and O–H groups in total. The monoisotopic (exact) mass is 547 g/mol. The Morgan fingerprint density at radius 2 is 1.70 bits per heavy atom. The number of rotatable bonds is 8. The Bertz CT molecular complexity index is 1650. The summed E-state index contributed by atoms with van der Waals surface area (Å²) in [5.41, 5.74) is 8.31. The fraction of sp³-hybridized carbons (Fsp3) is 0.323. The fourth-order valence-corrected chi connectivity index (χ4v) is 5.16. The Kier molecular flexibility index (Phi) is 7.40. The van der Waals surface area contributed by atoms with Crippen LogP contribution in [-0.4, -0.2) is 32.4 Å². The second-order valence-corrected chi connectivity index (χ2v) is 10.2. The van der Waals surface area contributed by atoms with Gasteiger partial charge in [0.25, 0.3) is 0 Å². The number of fused-ring (bicyclic) bond motifs is 1. The van der Waals surface area contributed by atoms with Crippen LogP contribution in [0.2, 0.25) is 0 Å². The molecule has 208 valence electrons. The minimum absolute atomic E-state index is 0.00513. The maximum atomic E-state index is 13.8. The molecule has 3 aromatic heterocycles. The SMILES string of the molecule is CCc1nc2c(C)cc(C)nc2n1Cc1ccc(-c2ccccc2)c(CN(CC(F)(F)F)c2onc(C)c2C)c1. The Morgan fingerprint density at radius 3 is 2.35 bits per heavy atom. The lowest BCUT2D eigenvalue weighted by molar-refractivity contribution is -0.120. The first-order chi connectivity index (χ1) is 19.0. The minimum Gasteiger partial charge on any atom is -0.338 e. The van der Waals surface area contributed by atoms with Crippen LogP contribution >= 0.6 is 0 Å². The van der Waals surface area contributed by atoms with Crippen LogP contribution in [0.15, 0.2) is 59.1 Å². The highest BCUT2D eigenvalue weighted by molar-refractivity contribution is 5.76. The van der Waals surface area contributed by atoms with E-state index >= 15 is 0 Å². The van der Waals surface area contributed by atoms with Crippen LogP contribution in [0, 0.1) is 27.7 Å². The number of aromatic nitrogens is 4. The molecule has 9 heteroatoms. The Labute approximate surface area is 231 Å². The summed E-state index contributed by atoms with van der Waals surface area (Å²) >= 11 is 0. The predicted octanol–water partition coefficient (Wildman–Crippen LogP) is 7.50. The van der Waals surface area contributed by atoms with Crippen LogP contribution in [-0.2, 0) is 19.5 Å². The van der Waals surface area contributed by atoms with Gasteiger partial charge in [0, 0.05) is 24.2 Å². The Balaban J connectivity index is 1.61. The summed E-state index contributed by atoms with van der Waals surface area (Å²) in [4.78, 5) is 10.8. The average molecular weight is 548 g/mol. The maximum absolute atomic E-state index is 13.8. The van der Waals surface area contributed by atoms with Crippen LogP contribution in [0.25, 0.3) is 22.3 Å². The van der Waals surface area contributed by atoms with Crippen molar-refractivity contribution in [2.45, 2.75) is 60.3 Å². The molecule has 0 aliphatic carbocycles. The summed E-state index contributed by atoms with van der Waals surface area (Å²) in [5.74, 6) is 1.04. The highest BCUT2D eigenvalue weighted by Gasteiger charge is 2.33. The van der Waals surface area contributed by atoms with E-state index in [9.17, 15) is 13.2 Å². The van der Waals surface area contributed by atoms with Gasteiger partial charge in [-0.2, -0.15) is 13.2 Å². The van der Waals surface area contributed by atoms with Crippen molar-refractivity contribution in [2.75, 3.05) is 11.4 Å². The Morgan fingerprint density at radius 1 is 0.950 bits per heavy atom. The molecule has 0 saturated carbocycles. The molecule has 0 amide bonds. The standard InChI is InChI=1S/C31H32F3N5O/c1-6-27-36-28-19(2)14-20(3)35-29(28)39(27)16-23-12-13-26(24-10-8-7-9-11-24)25(15-23)17-38(18-31(32,33)34)30-21(4)22(5)37-40-30/h7-15H,6,16-18H2,1-5H3. The molecule has 6 nitrogen and oxygen atoms in total. The topological polar surface area (TPSA) is 60.0 Å². The van der Waals surface area contributed by atoms with Crippen molar-refractivity contribution in [3.05, 3.63) is 94.1 Å². The van der Waals surface area contributed by atoms with E-state index in [1.54, 1.807) is 13.8 Å². The van der Waals surface area contributed by atoms with Crippen molar-refractivity contribution in [3.63, 3.8) is 0 Å². The van der Waals surface area contributed by atoms with E-state index < -0.39 is 12.7 Å². The zero-order chi connectivity index (χ0) is 28.6. The second-order valence-electron chi connectivity index (χ2n) is 10.2. The highest BCUT2D eigenvalue weighted by atomic mass is 19.4. The van der Waals surface area contributed by atoms with Gasteiger partial charge in [0.05, 0.1) is 12.2 Å². The van der Waals surface area contributed by atoms with E-state index in [0.717, 1.165) is 56.9 Å². The maximum Gasteiger partial charge on any atom is 0.406 e. The van der Waals surface area contributed by atoms with E-state index in [4.69, 9.17) is 14.5 Å². The minimum atomic E-state index is -4.43. The molecule has 0 aliphatic rings. The molecule has 0 atom stereocenters. The Hall–Kier alpha value is -4.14. The summed E-state index contributed by atoms with van der Waals surface area (Å²) in [6.07, 6.45) is -3.70. The molecule has 0 radical (unpaired) electrons. The normalized spacial score (nSPS) is 11.9. The number of hydrogen-bond acceptors (Lipinski definition) is 5. The summed E-state index contributed by atoms with van der Waals surface area (Å²) < 4.78 is 48.8. The quantitative estimate of drug-likeness (QED) is 0.201. The van der Waals surface area contributed by atoms with Crippen LogP contribution < -0.4 is 4.90 Å². The van der Waals surface area contributed by atoms with Crippen molar-refractivity contribution >= 4 is 17.0 Å². The first-order valence-corrected chi connectivity index (χ1v) is 13.3. The number of imidazole rings is 1. The molecular weight excluding hydrogens is 515 g/mol. The predicted molar refractivity (Wildman–Crippen MR) is 150 cm³/mol. The second kappa shape index (κ2) is 10.8. The van der Waals surface area contributed by atoms with Gasteiger partial charge < -0.3 is 14.0 Å². The third-order valence-electron chi connectivity index (χ3n) is 7.16. The van der Waals surface area contributed by atoms with Crippen molar-refractivity contribution < 1.29 is 17.7 Å². The number of halogens is 3. The van der Waals surface area contributed by atoms with Crippen molar-refractivity contribution in [1.82, 2.24) is 19.7 Å². The number of aryl methyl sites for hydroxylation is 4. The van der Waals surface area contributed by atoms with E-state index in [1.807, 2.05) is 68.4 Å². The number of alkyl halides is 3. The van der Waals surface area contributed by atoms with Gasteiger partial charge in [-0.05, 0) is 61.6 Å². The summed E-state index contributed by atoms with van der Waals surface area (Å²) in [6.45, 7) is 8.84. The number of pyridine rings is 1. The van der Waals surface area contributed by atoms with Crippen LogP contribution in [0.4, 0.5) is 19.1 Å².